The first-order chi connectivity index (χ1) is 11.6. The zero-order valence-corrected chi connectivity index (χ0v) is 15.4. The molecule has 2 atom stereocenters. The molecule has 0 aliphatic carbocycles. The highest BCUT2D eigenvalue weighted by atomic mass is 35.5. The van der Waals surface area contributed by atoms with E-state index in [1.807, 2.05) is 24.3 Å². The quantitative estimate of drug-likeness (QED) is 0.786. The maximum absolute atomic E-state index is 6.00. The molecule has 0 radical (unpaired) electrons. The number of halogens is 2. The van der Waals surface area contributed by atoms with E-state index >= 15 is 0 Å². The van der Waals surface area contributed by atoms with Crippen molar-refractivity contribution in [1.29, 1.82) is 0 Å². The standard InChI is InChI=1S/C20H23Cl2NO/c1-14-10-20(13-24-14)23-19(11-15-2-6-17(21)7-3-15)12-16-4-8-18(22)9-5-16/h2-9,14,19-20,23H,10-13H2,1H3. The molecule has 4 heteroatoms. The smallest absolute Gasteiger partial charge is 0.0624 e. The van der Waals surface area contributed by atoms with E-state index in [1.54, 1.807) is 0 Å². The Morgan fingerprint density at radius 2 is 1.46 bits per heavy atom. The Hall–Kier alpha value is -1.06. The first-order valence-corrected chi connectivity index (χ1v) is 9.20. The molecular formula is C20H23Cl2NO. The topological polar surface area (TPSA) is 21.3 Å². The maximum atomic E-state index is 6.00. The zero-order chi connectivity index (χ0) is 16.9. The predicted octanol–water partition coefficient (Wildman–Crippen LogP) is 4.91. The number of hydrogen-bond donors (Lipinski definition) is 1. The summed E-state index contributed by atoms with van der Waals surface area (Å²) in [5.74, 6) is 0. The predicted molar refractivity (Wildman–Crippen MR) is 101 cm³/mol. The molecule has 1 heterocycles. The molecule has 2 aromatic carbocycles. The van der Waals surface area contributed by atoms with Crippen LogP contribution in [-0.2, 0) is 17.6 Å². The molecule has 0 aromatic heterocycles. The minimum atomic E-state index is 0.342. The Balaban J connectivity index is 1.69. The fourth-order valence-electron chi connectivity index (χ4n) is 3.27. The first-order valence-electron chi connectivity index (χ1n) is 8.45. The van der Waals surface area contributed by atoms with E-state index in [-0.39, 0.29) is 0 Å². The SMILES string of the molecule is CC1CC(NC(Cc2ccc(Cl)cc2)Cc2ccc(Cl)cc2)CO1. The van der Waals surface area contributed by atoms with Crippen LogP contribution < -0.4 is 5.32 Å². The van der Waals surface area contributed by atoms with Gasteiger partial charge in [0.1, 0.15) is 0 Å². The van der Waals surface area contributed by atoms with Gasteiger partial charge < -0.3 is 10.1 Å². The molecule has 1 aliphatic rings. The third-order valence-corrected chi connectivity index (χ3v) is 4.96. The van der Waals surface area contributed by atoms with Crippen molar-refractivity contribution in [1.82, 2.24) is 5.32 Å². The van der Waals surface area contributed by atoms with Gasteiger partial charge in [-0.3, -0.25) is 0 Å². The van der Waals surface area contributed by atoms with E-state index in [9.17, 15) is 0 Å². The third-order valence-electron chi connectivity index (χ3n) is 4.46. The van der Waals surface area contributed by atoms with Crippen LogP contribution in [0.15, 0.2) is 48.5 Å². The summed E-state index contributed by atoms with van der Waals surface area (Å²) in [4.78, 5) is 0. The molecule has 2 nitrogen and oxygen atoms in total. The molecule has 128 valence electrons. The van der Waals surface area contributed by atoms with Crippen molar-refractivity contribution < 1.29 is 4.74 Å². The lowest BCUT2D eigenvalue weighted by atomic mass is 9.97. The van der Waals surface area contributed by atoms with E-state index in [1.165, 1.54) is 11.1 Å². The first kappa shape index (κ1) is 17.8. The van der Waals surface area contributed by atoms with Gasteiger partial charge in [-0.2, -0.15) is 0 Å². The molecule has 24 heavy (non-hydrogen) atoms. The van der Waals surface area contributed by atoms with Gasteiger partial charge in [0.25, 0.3) is 0 Å². The van der Waals surface area contributed by atoms with Crippen molar-refractivity contribution in [3.8, 4) is 0 Å². The molecule has 2 unspecified atom stereocenters. The molecule has 1 N–H and O–H groups in total. The molecule has 1 fully saturated rings. The molecule has 0 bridgehead atoms. The van der Waals surface area contributed by atoms with Gasteiger partial charge in [-0.05, 0) is 61.6 Å². The van der Waals surface area contributed by atoms with Gasteiger partial charge >= 0.3 is 0 Å². The lowest BCUT2D eigenvalue weighted by Crippen LogP contribution is -2.41. The minimum Gasteiger partial charge on any atom is -0.377 e. The number of ether oxygens (including phenoxy) is 1. The van der Waals surface area contributed by atoms with Crippen molar-refractivity contribution in [2.75, 3.05) is 6.61 Å². The molecule has 0 saturated carbocycles. The van der Waals surface area contributed by atoms with Gasteiger partial charge in [0.15, 0.2) is 0 Å². The molecule has 1 aliphatic heterocycles. The van der Waals surface area contributed by atoms with Crippen LogP contribution in [0.4, 0.5) is 0 Å². The zero-order valence-electron chi connectivity index (χ0n) is 13.8. The average molecular weight is 364 g/mol. The van der Waals surface area contributed by atoms with Crippen LogP contribution in [0.5, 0.6) is 0 Å². The van der Waals surface area contributed by atoms with E-state index in [2.05, 4.69) is 36.5 Å². The highest BCUT2D eigenvalue weighted by molar-refractivity contribution is 6.30. The summed E-state index contributed by atoms with van der Waals surface area (Å²) in [6, 6.07) is 17.0. The summed E-state index contributed by atoms with van der Waals surface area (Å²) < 4.78 is 5.70. The molecule has 1 saturated heterocycles. The van der Waals surface area contributed by atoms with Crippen LogP contribution in [0.3, 0.4) is 0 Å². The lowest BCUT2D eigenvalue weighted by molar-refractivity contribution is 0.121. The van der Waals surface area contributed by atoms with Gasteiger partial charge in [0, 0.05) is 22.1 Å². The summed E-state index contributed by atoms with van der Waals surface area (Å²) >= 11 is 12.0. The van der Waals surface area contributed by atoms with Gasteiger partial charge in [0.2, 0.25) is 0 Å². The molecule has 2 aromatic rings. The number of nitrogens with one attached hydrogen (secondary N) is 1. The number of rotatable bonds is 6. The van der Waals surface area contributed by atoms with Crippen molar-refractivity contribution in [3.05, 3.63) is 69.7 Å². The Bertz CT molecular complexity index is 594. The fourth-order valence-corrected chi connectivity index (χ4v) is 3.52. The van der Waals surface area contributed by atoms with Crippen LogP contribution in [0.1, 0.15) is 24.5 Å². The average Bonchev–Trinajstić information content (AvgIpc) is 2.97. The van der Waals surface area contributed by atoms with E-state index < -0.39 is 0 Å². The summed E-state index contributed by atoms with van der Waals surface area (Å²) in [5, 5.41) is 5.34. The second-order valence-electron chi connectivity index (χ2n) is 6.60. The summed E-state index contributed by atoms with van der Waals surface area (Å²) in [6.45, 7) is 2.92. The van der Waals surface area contributed by atoms with E-state index in [0.29, 0.717) is 18.2 Å². The van der Waals surface area contributed by atoms with Crippen molar-refractivity contribution in [2.24, 2.45) is 0 Å². The Kier molecular flexibility index (Phi) is 6.18. The summed E-state index contributed by atoms with van der Waals surface area (Å²) in [6.07, 6.45) is 3.34. The van der Waals surface area contributed by atoms with Crippen molar-refractivity contribution in [3.63, 3.8) is 0 Å². The highest BCUT2D eigenvalue weighted by Crippen LogP contribution is 2.18. The van der Waals surface area contributed by atoms with Gasteiger partial charge in [-0.15, -0.1) is 0 Å². The second kappa shape index (κ2) is 8.35. The molecule has 3 rings (SSSR count). The monoisotopic (exact) mass is 363 g/mol. The van der Waals surface area contributed by atoms with Crippen LogP contribution in [-0.4, -0.2) is 24.8 Å². The van der Waals surface area contributed by atoms with Crippen molar-refractivity contribution >= 4 is 23.2 Å². The largest absolute Gasteiger partial charge is 0.377 e. The fraction of sp³-hybridized carbons (Fsp3) is 0.400. The highest BCUT2D eigenvalue weighted by Gasteiger charge is 2.24. The van der Waals surface area contributed by atoms with E-state index in [4.69, 9.17) is 27.9 Å². The third kappa shape index (κ3) is 5.22. The number of benzene rings is 2. The Morgan fingerprint density at radius 3 is 1.88 bits per heavy atom. The van der Waals surface area contributed by atoms with Gasteiger partial charge in [0.05, 0.1) is 12.7 Å². The molecule has 0 amide bonds. The Morgan fingerprint density at radius 1 is 0.958 bits per heavy atom. The minimum absolute atomic E-state index is 0.342. The second-order valence-corrected chi connectivity index (χ2v) is 7.47. The molecular weight excluding hydrogens is 341 g/mol. The van der Waals surface area contributed by atoms with Gasteiger partial charge in [-0.1, -0.05) is 47.5 Å². The van der Waals surface area contributed by atoms with Crippen LogP contribution in [0.25, 0.3) is 0 Å². The normalized spacial score (nSPS) is 20.7. The van der Waals surface area contributed by atoms with Crippen LogP contribution in [0, 0.1) is 0 Å². The summed E-state index contributed by atoms with van der Waals surface area (Å²) in [5.41, 5.74) is 2.58. The van der Waals surface area contributed by atoms with Crippen LogP contribution in [0.2, 0.25) is 10.0 Å². The number of hydrogen-bond acceptors (Lipinski definition) is 2. The van der Waals surface area contributed by atoms with Crippen LogP contribution >= 0.6 is 23.2 Å². The Labute approximate surface area is 154 Å². The maximum Gasteiger partial charge on any atom is 0.0624 e. The lowest BCUT2D eigenvalue weighted by Gasteiger charge is -2.23. The van der Waals surface area contributed by atoms with Crippen molar-refractivity contribution in [2.45, 2.75) is 44.4 Å². The molecule has 0 spiro atoms. The van der Waals surface area contributed by atoms with Gasteiger partial charge in [-0.25, -0.2) is 0 Å². The summed E-state index contributed by atoms with van der Waals surface area (Å²) in [7, 11) is 0. The van der Waals surface area contributed by atoms with E-state index in [0.717, 1.165) is 35.9 Å².